The maximum atomic E-state index is 9.77. The lowest BCUT2D eigenvalue weighted by Gasteiger charge is -2.23. The Morgan fingerprint density at radius 2 is 2.00 bits per heavy atom. The average molecular weight is 340 g/mol. The summed E-state index contributed by atoms with van der Waals surface area (Å²) in [6.45, 7) is 4.56. The van der Waals surface area contributed by atoms with Crippen molar-refractivity contribution in [3.63, 3.8) is 0 Å². The predicted octanol–water partition coefficient (Wildman–Crippen LogP) is 2.70. The summed E-state index contributed by atoms with van der Waals surface area (Å²) in [6, 6.07) is 7.70. The van der Waals surface area contributed by atoms with Gasteiger partial charge < -0.3 is 9.52 Å². The van der Waals surface area contributed by atoms with E-state index in [0.29, 0.717) is 24.9 Å². The van der Waals surface area contributed by atoms with Crippen LogP contribution in [0.3, 0.4) is 0 Å². The zero-order valence-electron chi connectivity index (χ0n) is 11.8. The van der Waals surface area contributed by atoms with Crippen LogP contribution in [0.1, 0.15) is 19.7 Å². The molecule has 0 aliphatic heterocycles. The Labute approximate surface area is 126 Å². The average Bonchev–Trinajstić information content (AvgIpc) is 2.75. The molecule has 0 amide bonds. The van der Waals surface area contributed by atoms with Gasteiger partial charge in [-0.15, -0.1) is 10.2 Å². The number of rotatable bonds is 5. The first-order valence-electron chi connectivity index (χ1n) is 6.33. The summed E-state index contributed by atoms with van der Waals surface area (Å²) in [5.74, 6) is 1.02. The zero-order chi connectivity index (χ0) is 14.8. The molecule has 2 rings (SSSR count). The molecule has 1 N–H and O–H groups in total. The number of nitrogens with zero attached hydrogens (tertiary/aromatic N) is 3. The Morgan fingerprint density at radius 1 is 1.30 bits per heavy atom. The van der Waals surface area contributed by atoms with E-state index < -0.39 is 5.60 Å². The van der Waals surface area contributed by atoms with Gasteiger partial charge in [0.05, 0.1) is 17.7 Å². The van der Waals surface area contributed by atoms with E-state index in [4.69, 9.17) is 4.42 Å². The Bertz CT molecular complexity index is 578. The number of hydrogen-bond donors (Lipinski definition) is 1. The third kappa shape index (κ3) is 4.13. The van der Waals surface area contributed by atoms with Crippen LogP contribution in [0.25, 0.3) is 11.5 Å². The van der Waals surface area contributed by atoms with E-state index >= 15 is 0 Å². The number of likely N-dealkylation sites (N-methyl/N-ethyl adjacent to an activating group) is 1. The minimum Gasteiger partial charge on any atom is -0.419 e. The van der Waals surface area contributed by atoms with E-state index in [9.17, 15) is 5.11 Å². The van der Waals surface area contributed by atoms with E-state index in [0.717, 1.165) is 10.0 Å². The summed E-state index contributed by atoms with van der Waals surface area (Å²) in [5, 5.41) is 17.9. The minimum atomic E-state index is -0.750. The highest BCUT2D eigenvalue weighted by Gasteiger charge is 2.18. The Hall–Kier alpha value is -1.24. The molecule has 0 radical (unpaired) electrons. The standard InChI is InChI=1S/C14H18BrN3O2/c1-14(2,19)9-18(3)8-12-16-17-13(20-12)10-6-4-5-7-11(10)15/h4-7,19H,8-9H2,1-3H3. The van der Waals surface area contributed by atoms with Gasteiger partial charge in [-0.1, -0.05) is 12.1 Å². The van der Waals surface area contributed by atoms with Crippen LogP contribution >= 0.6 is 15.9 Å². The van der Waals surface area contributed by atoms with Gasteiger partial charge in [0.25, 0.3) is 0 Å². The Morgan fingerprint density at radius 3 is 2.65 bits per heavy atom. The molecule has 0 atom stereocenters. The molecule has 0 unspecified atom stereocenters. The Balaban J connectivity index is 2.08. The molecule has 1 heterocycles. The minimum absolute atomic E-state index is 0.490. The van der Waals surface area contributed by atoms with Gasteiger partial charge in [-0.2, -0.15) is 0 Å². The van der Waals surface area contributed by atoms with Gasteiger partial charge >= 0.3 is 0 Å². The summed E-state index contributed by atoms with van der Waals surface area (Å²) >= 11 is 3.46. The molecule has 1 aromatic carbocycles. The topological polar surface area (TPSA) is 62.4 Å². The number of aromatic nitrogens is 2. The maximum Gasteiger partial charge on any atom is 0.248 e. The van der Waals surface area contributed by atoms with Crippen LogP contribution in [-0.4, -0.2) is 39.4 Å². The molecular weight excluding hydrogens is 322 g/mol. The molecule has 0 aliphatic rings. The molecule has 20 heavy (non-hydrogen) atoms. The largest absolute Gasteiger partial charge is 0.419 e. The third-order valence-corrected chi connectivity index (χ3v) is 3.32. The highest BCUT2D eigenvalue weighted by molar-refractivity contribution is 9.10. The van der Waals surface area contributed by atoms with Gasteiger partial charge in [0, 0.05) is 11.0 Å². The second kappa shape index (κ2) is 6.03. The van der Waals surface area contributed by atoms with Gasteiger partial charge in [0.15, 0.2) is 0 Å². The summed E-state index contributed by atoms with van der Waals surface area (Å²) < 4.78 is 6.58. The second-order valence-corrected chi connectivity index (χ2v) is 6.32. The quantitative estimate of drug-likeness (QED) is 0.907. The van der Waals surface area contributed by atoms with E-state index in [2.05, 4.69) is 26.1 Å². The molecule has 2 aromatic rings. The fourth-order valence-corrected chi connectivity index (χ4v) is 2.46. The fourth-order valence-electron chi connectivity index (χ4n) is 2.01. The molecule has 0 bridgehead atoms. The monoisotopic (exact) mass is 339 g/mol. The molecule has 0 saturated carbocycles. The van der Waals surface area contributed by atoms with Crippen LogP contribution in [0, 0.1) is 0 Å². The molecule has 0 spiro atoms. The SMILES string of the molecule is CN(Cc1nnc(-c2ccccc2Br)o1)CC(C)(C)O. The van der Waals surface area contributed by atoms with E-state index in [1.54, 1.807) is 13.8 Å². The number of aliphatic hydroxyl groups is 1. The molecule has 0 fully saturated rings. The van der Waals surface area contributed by atoms with Gasteiger partial charge in [0.2, 0.25) is 11.8 Å². The van der Waals surface area contributed by atoms with Gasteiger partial charge in [-0.05, 0) is 49.0 Å². The smallest absolute Gasteiger partial charge is 0.248 e. The van der Waals surface area contributed by atoms with Gasteiger partial charge in [-0.25, -0.2) is 0 Å². The van der Waals surface area contributed by atoms with Gasteiger partial charge in [0.1, 0.15) is 0 Å². The van der Waals surface area contributed by atoms with Crippen LogP contribution in [0.4, 0.5) is 0 Å². The molecule has 5 nitrogen and oxygen atoms in total. The van der Waals surface area contributed by atoms with E-state index in [1.165, 1.54) is 0 Å². The summed E-state index contributed by atoms with van der Waals surface area (Å²) in [5.41, 5.74) is 0.122. The number of halogens is 1. The van der Waals surface area contributed by atoms with Crippen LogP contribution in [0.2, 0.25) is 0 Å². The molecular formula is C14H18BrN3O2. The summed E-state index contributed by atoms with van der Waals surface area (Å²) in [7, 11) is 1.90. The normalized spacial score (nSPS) is 12.1. The second-order valence-electron chi connectivity index (χ2n) is 5.47. The zero-order valence-corrected chi connectivity index (χ0v) is 13.4. The van der Waals surface area contributed by atoms with Crippen molar-refractivity contribution in [1.82, 2.24) is 15.1 Å². The van der Waals surface area contributed by atoms with Crippen molar-refractivity contribution in [2.24, 2.45) is 0 Å². The molecule has 0 saturated heterocycles. The van der Waals surface area contributed by atoms with Crippen molar-refractivity contribution < 1.29 is 9.52 Å². The molecule has 1 aromatic heterocycles. The van der Waals surface area contributed by atoms with E-state index in [-0.39, 0.29) is 0 Å². The molecule has 108 valence electrons. The van der Waals surface area contributed by atoms with Crippen molar-refractivity contribution >= 4 is 15.9 Å². The summed E-state index contributed by atoms with van der Waals surface area (Å²) in [4.78, 5) is 1.94. The fraction of sp³-hybridized carbons (Fsp3) is 0.429. The van der Waals surface area contributed by atoms with Crippen LogP contribution in [-0.2, 0) is 6.54 Å². The Kier molecular flexibility index (Phi) is 4.57. The first-order valence-corrected chi connectivity index (χ1v) is 7.13. The van der Waals surface area contributed by atoms with Crippen LogP contribution in [0.15, 0.2) is 33.2 Å². The predicted molar refractivity (Wildman–Crippen MR) is 80.1 cm³/mol. The van der Waals surface area contributed by atoms with Gasteiger partial charge in [-0.3, -0.25) is 4.90 Å². The lowest BCUT2D eigenvalue weighted by molar-refractivity contribution is 0.0403. The number of hydrogen-bond acceptors (Lipinski definition) is 5. The first kappa shape index (κ1) is 15.2. The van der Waals surface area contributed by atoms with Crippen LogP contribution in [0.5, 0.6) is 0 Å². The lowest BCUT2D eigenvalue weighted by atomic mass is 10.1. The molecule has 6 heteroatoms. The van der Waals surface area contributed by atoms with Crippen LogP contribution < -0.4 is 0 Å². The summed E-state index contributed by atoms with van der Waals surface area (Å²) in [6.07, 6.45) is 0. The highest BCUT2D eigenvalue weighted by Crippen LogP contribution is 2.26. The van der Waals surface area contributed by atoms with Crippen molar-refractivity contribution in [3.8, 4) is 11.5 Å². The third-order valence-electron chi connectivity index (χ3n) is 2.63. The maximum absolute atomic E-state index is 9.77. The lowest BCUT2D eigenvalue weighted by Crippen LogP contribution is -2.35. The van der Waals surface area contributed by atoms with Crippen molar-refractivity contribution in [2.75, 3.05) is 13.6 Å². The van der Waals surface area contributed by atoms with Crippen molar-refractivity contribution in [3.05, 3.63) is 34.6 Å². The van der Waals surface area contributed by atoms with Crippen molar-refractivity contribution in [2.45, 2.75) is 26.0 Å². The highest BCUT2D eigenvalue weighted by atomic mass is 79.9. The first-order chi connectivity index (χ1) is 9.35. The molecule has 0 aliphatic carbocycles. The number of benzene rings is 1. The van der Waals surface area contributed by atoms with E-state index in [1.807, 2.05) is 36.2 Å². The van der Waals surface area contributed by atoms with Crippen molar-refractivity contribution in [1.29, 1.82) is 0 Å².